The van der Waals surface area contributed by atoms with Crippen molar-refractivity contribution in [3.05, 3.63) is 57.8 Å². The second-order valence-electron chi connectivity index (χ2n) is 6.63. The average molecular weight is 396 g/mol. The van der Waals surface area contributed by atoms with Crippen LogP contribution in [0.4, 0.5) is 10.1 Å². The normalized spacial score (nSPS) is 27.6. The molecule has 1 fully saturated rings. The molecule has 1 spiro atoms. The lowest BCUT2D eigenvalue weighted by Crippen LogP contribution is -2.58. The molecule has 1 amide bonds. The average Bonchev–Trinajstić information content (AvgIpc) is 2.94. The first-order chi connectivity index (χ1) is 12.4. The topological polar surface area (TPSA) is 65.5 Å². The van der Waals surface area contributed by atoms with Crippen molar-refractivity contribution < 1.29 is 14.3 Å². The van der Waals surface area contributed by atoms with Crippen molar-refractivity contribution in [1.82, 2.24) is 10.3 Å². The maximum Gasteiger partial charge on any atom is 0.258 e. The van der Waals surface area contributed by atoms with Gasteiger partial charge in [-0.05, 0) is 48.9 Å². The van der Waals surface area contributed by atoms with Gasteiger partial charge < -0.3 is 10.0 Å². The highest BCUT2D eigenvalue weighted by Crippen LogP contribution is 2.49. The zero-order chi connectivity index (χ0) is 18.5. The van der Waals surface area contributed by atoms with Gasteiger partial charge in [-0.3, -0.25) is 10.1 Å². The van der Waals surface area contributed by atoms with Crippen molar-refractivity contribution in [3.63, 3.8) is 0 Å². The van der Waals surface area contributed by atoms with Crippen LogP contribution in [0.2, 0.25) is 10.2 Å². The maximum atomic E-state index is 15.1. The molecule has 1 saturated heterocycles. The molecule has 5 nitrogen and oxygen atoms in total. The highest BCUT2D eigenvalue weighted by molar-refractivity contribution is 6.31. The third kappa shape index (κ3) is 2.68. The number of halogens is 3. The number of hydrogen-bond acceptors (Lipinski definition) is 4. The van der Waals surface area contributed by atoms with Gasteiger partial charge in [-0.1, -0.05) is 23.2 Å². The van der Waals surface area contributed by atoms with Crippen molar-refractivity contribution in [2.24, 2.45) is 0 Å². The molecule has 8 heteroatoms. The summed E-state index contributed by atoms with van der Waals surface area (Å²) in [4.78, 5) is 18.5. The Morgan fingerprint density at radius 3 is 2.92 bits per heavy atom. The van der Waals surface area contributed by atoms with E-state index >= 15 is 4.39 Å². The molecule has 1 aromatic carbocycles. The van der Waals surface area contributed by atoms with Crippen LogP contribution in [0.15, 0.2) is 36.5 Å². The summed E-state index contributed by atoms with van der Waals surface area (Å²) in [5.41, 5.74) is 0.612. The Labute approximate surface area is 159 Å². The van der Waals surface area contributed by atoms with Gasteiger partial charge in [0.15, 0.2) is 6.17 Å². The molecule has 3 atom stereocenters. The monoisotopic (exact) mass is 395 g/mol. The number of amides is 1. The first-order valence-electron chi connectivity index (χ1n) is 8.21. The number of piperidine rings is 1. The van der Waals surface area contributed by atoms with Crippen LogP contribution in [0.25, 0.3) is 0 Å². The van der Waals surface area contributed by atoms with E-state index in [0.717, 1.165) is 0 Å². The van der Waals surface area contributed by atoms with Gasteiger partial charge >= 0.3 is 0 Å². The molecule has 0 saturated carbocycles. The van der Waals surface area contributed by atoms with Gasteiger partial charge in [0.2, 0.25) is 0 Å². The van der Waals surface area contributed by atoms with Gasteiger partial charge in [0.05, 0.1) is 5.41 Å². The third-order valence-corrected chi connectivity index (χ3v) is 5.62. The van der Waals surface area contributed by atoms with Crippen molar-refractivity contribution in [2.45, 2.75) is 24.2 Å². The number of pyridine rings is 1. The van der Waals surface area contributed by atoms with Crippen molar-refractivity contribution >= 4 is 34.8 Å². The number of carbonyl (C=O) groups is 1. The summed E-state index contributed by atoms with van der Waals surface area (Å²) >= 11 is 12.0. The Balaban J connectivity index is 1.81. The Hall–Kier alpha value is -1.73. The molecule has 2 N–H and O–H groups in total. The lowest BCUT2D eigenvalue weighted by atomic mass is 9.72. The summed E-state index contributed by atoms with van der Waals surface area (Å²) in [6.07, 6.45) is -0.955. The van der Waals surface area contributed by atoms with E-state index in [1.165, 1.54) is 17.2 Å². The van der Waals surface area contributed by atoms with Crippen LogP contribution in [-0.2, 0) is 5.41 Å². The van der Waals surface area contributed by atoms with Gasteiger partial charge in [-0.2, -0.15) is 0 Å². The summed E-state index contributed by atoms with van der Waals surface area (Å²) in [6, 6.07) is 8.13. The molecule has 2 aromatic rings. The molecule has 1 aromatic heterocycles. The summed E-state index contributed by atoms with van der Waals surface area (Å²) in [5, 5.41) is 13.4. The fourth-order valence-corrected chi connectivity index (χ4v) is 4.25. The first-order valence-corrected chi connectivity index (χ1v) is 8.97. The van der Waals surface area contributed by atoms with E-state index in [2.05, 4.69) is 10.3 Å². The van der Waals surface area contributed by atoms with Crippen molar-refractivity contribution in [1.29, 1.82) is 0 Å². The molecule has 0 radical (unpaired) electrons. The molecule has 2 aliphatic rings. The molecular formula is C18H16Cl2FN3O2. The van der Waals surface area contributed by atoms with E-state index in [9.17, 15) is 9.90 Å². The first kappa shape index (κ1) is 17.7. The molecule has 2 aliphatic heterocycles. The molecule has 3 heterocycles. The molecule has 3 unspecified atom stereocenters. The zero-order valence-electron chi connectivity index (χ0n) is 13.6. The fourth-order valence-electron chi connectivity index (χ4n) is 3.90. The highest BCUT2D eigenvalue weighted by atomic mass is 35.5. The van der Waals surface area contributed by atoms with Crippen molar-refractivity contribution in [2.75, 3.05) is 18.0 Å². The second-order valence-corrected chi connectivity index (χ2v) is 7.45. The molecule has 0 bridgehead atoms. The predicted molar refractivity (Wildman–Crippen MR) is 97.6 cm³/mol. The van der Waals surface area contributed by atoms with Gasteiger partial charge in [0.1, 0.15) is 11.4 Å². The van der Waals surface area contributed by atoms with Crippen molar-refractivity contribution in [3.8, 4) is 0 Å². The summed E-state index contributed by atoms with van der Waals surface area (Å²) in [7, 11) is 0. The Morgan fingerprint density at radius 2 is 2.15 bits per heavy atom. The minimum Gasteiger partial charge on any atom is -0.375 e. The minimum atomic E-state index is -1.56. The lowest BCUT2D eigenvalue weighted by Gasteiger charge is -2.40. The van der Waals surface area contributed by atoms with Crippen LogP contribution in [0.3, 0.4) is 0 Å². The number of hydrogen-bond donors (Lipinski definition) is 2. The largest absolute Gasteiger partial charge is 0.375 e. The number of aliphatic hydroxyl groups excluding tert-OH is 1. The van der Waals surface area contributed by atoms with Crippen LogP contribution in [0, 0.1) is 0 Å². The van der Waals surface area contributed by atoms with Crippen LogP contribution in [0.5, 0.6) is 0 Å². The van der Waals surface area contributed by atoms with Gasteiger partial charge in [0, 0.05) is 29.0 Å². The van der Waals surface area contributed by atoms with E-state index < -0.39 is 17.8 Å². The molecule has 136 valence electrons. The number of nitrogens with one attached hydrogen (secondary N) is 1. The third-order valence-electron chi connectivity index (χ3n) is 5.17. The standard InChI is InChI=1S/C18H16Cl2FN3O2/c19-11-1-2-13-12(8-11)18(4-6-23-16(25)15(18)21)9-24(13)17(26)10-3-5-22-14(20)7-10/h1-3,5,7-8,15-16,23,25H,4,6,9H2. The Bertz CT molecular complexity index is 881. The number of aliphatic hydroxyl groups is 1. The number of rotatable bonds is 1. The number of anilines is 1. The predicted octanol–water partition coefficient (Wildman–Crippen LogP) is 2.94. The van der Waals surface area contributed by atoms with E-state index in [-0.39, 0.29) is 17.6 Å². The number of aromatic nitrogens is 1. The van der Waals surface area contributed by atoms with Gasteiger partial charge in [0.25, 0.3) is 5.91 Å². The summed E-state index contributed by atoms with van der Waals surface area (Å²) < 4.78 is 15.1. The smallest absolute Gasteiger partial charge is 0.258 e. The number of benzene rings is 1. The summed E-state index contributed by atoms with van der Waals surface area (Å²) in [6.45, 7) is 0.567. The van der Waals surface area contributed by atoms with Crippen LogP contribution < -0.4 is 10.2 Å². The lowest BCUT2D eigenvalue weighted by molar-refractivity contribution is -0.0188. The minimum absolute atomic E-state index is 0.126. The Morgan fingerprint density at radius 1 is 1.35 bits per heavy atom. The van der Waals surface area contributed by atoms with Crippen LogP contribution in [-0.4, -0.2) is 41.5 Å². The maximum absolute atomic E-state index is 15.1. The number of alkyl halides is 1. The zero-order valence-corrected chi connectivity index (χ0v) is 15.1. The molecule has 4 rings (SSSR count). The number of nitrogens with zero attached hydrogens (tertiary/aromatic N) is 2. The van der Waals surface area contributed by atoms with Crippen LogP contribution in [0.1, 0.15) is 22.3 Å². The molecule has 26 heavy (non-hydrogen) atoms. The highest BCUT2D eigenvalue weighted by Gasteiger charge is 2.54. The number of carbonyl (C=O) groups excluding carboxylic acids is 1. The SMILES string of the molecule is O=C(c1ccnc(Cl)c1)N1CC2(CCNC(O)C2F)c2cc(Cl)ccc21. The fraction of sp³-hybridized carbons (Fsp3) is 0.333. The molecular weight excluding hydrogens is 380 g/mol. The van der Waals surface area contributed by atoms with Gasteiger partial charge in [-0.25, -0.2) is 9.37 Å². The van der Waals surface area contributed by atoms with Gasteiger partial charge in [-0.15, -0.1) is 0 Å². The quantitative estimate of drug-likeness (QED) is 0.728. The van der Waals surface area contributed by atoms with E-state index in [1.807, 2.05) is 0 Å². The van der Waals surface area contributed by atoms with E-state index in [4.69, 9.17) is 23.2 Å². The summed E-state index contributed by atoms with van der Waals surface area (Å²) in [5.74, 6) is -0.296. The Kier molecular flexibility index (Phi) is 4.39. The second kappa shape index (κ2) is 6.46. The van der Waals surface area contributed by atoms with Crippen LogP contribution >= 0.6 is 23.2 Å². The van der Waals surface area contributed by atoms with E-state index in [0.29, 0.717) is 34.8 Å². The molecule has 0 aliphatic carbocycles. The van der Waals surface area contributed by atoms with E-state index in [1.54, 1.807) is 24.3 Å². The number of fused-ring (bicyclic) bond motifs is 2.